The molecule has 7 heteroatoms. The summed E-state index contributed by atoms with van der Waals surface area (Å²) in [4.78, 5) is 14.7. The third-order valence-corrected chi connectivity index (χ3v) is 4.99. The number of nitrogens with one attached hydrogen (secondary N) is 1. The maximum absolute atomic E-state index is 13.0. The third kappa shape index (κ3) is 5.54. The molecule has 0 bridgehead atoms. The van der Waals surface area contributed by atoms with E-state index in [9.17, 15) is 18.0 Å². The van der Waals surface area contributed by atoms with Gasteiger partial charge in [0.05, 0.1) is 11.6 Å². The molecule has 0 aliphatic rings. The first-order valence-electron chi connectivity index (χ1n) is 9.28. The van der Waals surface area contributed by atoms with Gasteiger partial charge in [0.15, 0.2) is 0 Å². The fourth-order valence-corrected chi connectivity index (χ4v) is 3.15. The molecule has 3 rings (SSSR count). The van der Waals surface area contributed by atoms with E-state index in [0.29, 0.717) is 11.6 Å². The number of urea groups is 1. The molecular formula is C23H20ClF3N2O. The summed E-state index contributed by atoms with van der Waals surface area (Å²) in [5, 5.41) is 3.29. The Kier molecular flexibility index (Phi) is 6.67. The molecule has 0 aliphatic heterocycles. The monoisotopic (exact) mass is 432 g/mol. The van der Waals surface area contributed by atoms with Gasteiger partial charge in [0, 0.05) is 17.3 Å². The predicted molar refractivity (Wildman–Crippen MR) is 112 cm³/mol. The molecule has 1 unspecified atom stereocenters. The van der Waals surface area contributed by atoms with E-state index in [1.54, 1.807) is 17.0 Å². The lowest BCUT2D eigenvalue weighted by molar-refractivity contribution is -0.137. The average molecular weight is 433 g/mol. The molecule has 2 amide bonds. The minimum absolute atomic E-state index is 0.267. The first kappa shape index (κ1) is 21.7. The fourth-order valence-electron chi connectivity index (χ4n) is 3.02. The van der Waals surface area contributed by atoms with Crippen LogP contribution in [0.1, 0.15) is 29.7 Å². The van der Waals surface area contributed by atoms with Gasteiger partial charge in [-0.1, -0.05) is 54.1 Å². The summed E-state index contributed by atoms with van der Waals surface area (Å²) in [6.07, 6.45) is -4.43. The van der Waals surface area contributed by atoms with E-state index in [0.717, 1.165) is 23.3 Å². The Balaban J connectivity index is 1.83. The van der Waals surface area contributed by atoms with E-state index in [-0.39, 0.29) is 11.7 Å². The second-order valence-corrected chi connectivity index (χ2v) is 7.28. The second kappa shape index (κ2) is 9.22. The van der Waals surface area contributed by atoms with Gasteiger partial charge in [0.2, 0.25) is 0 Å². The number of hydrogen-bond acceptors (Lipinski definition) is 1. The van der Waals surface area contributed by atoms with Crippen LogP contribution < -0.4 is 5.32 Å². The molecule has 0 saturated heterocycles. The van der Waals surface area contributed by atoms with Crippen LogP contribution in [0.25, 0.3) is 0 Å². The lowest BCUT2D eigenvalue weighted by atomic mass is 10.1. The topological polar surface area (TPSA) is 32.3 Å². The molecule has 3 aromatic carbocycles. The van der Waals surface area contributed by atoms with Crippen molar-refractivity contribution in [3.8, 4) is 0 Å². The summed E-state index contributed by atoms with van der Waals surface area (Å²) in [6.45, 7) is 2.21. The number of nitrogens with zero attached hydrogens (tertiary/aromatic N) is 1. The van der Waals surface area contributed by atoms with E-state index in [2.05, 4.69) is 5.32 Å². The molecule has 0 aliphatic carbocycles. The maximum atomic E-state index is 13.0. The van der Waals surface area contributed by atoms with E-state index in [1.165, 1.54) is 12.1 Å². The SMILES string of the molecule is CC(c1ccccc1)N(Cc1ccc(Cl)cc1)C(=O)Nc1ccc(C(F)(F)F)cc1. The molecule has 1 atom stereocenters. The van der Waals surface area contributed by atoms with Crippen molar-refractivity contribution < 1.29 is 18.0 Å². The van der Waals surface area contributed by atoms with Gasteiger partial charge in [0.25, 0.3) is 0 Å². The van der Waals surface area contributed by atoms with Crippen LogP contribution in [0, 0.1) is 0 Å². The zero-order valence-electron chi connectivity index (χ0n) is 16.2. The van der Waals surface area contributed by atoms with Crippen molar-refractivity contribution in [3.05, 3.63) is 101 Å². The predicted octanol–water partition coefficient (Wildman–Crippen LogP) is 7.15. The molecular weight excluding hydrogens is 413 g/mol. The van der Waals surface area contributed by atoms with Crippen LogP contribution in [0.2, 0.25) is 5.02 Å². The minimum Gasteiger partial charge on any atom is -0.313 e. The Morgan fingerprint density at radius 2 is 1.57 bits per heavy atom. The quantitative estimate of drug-likeness (QED) is 0.456. The van der Waals surface area contributed by atoms with Crippen LogP contribution in [0.3, 0.4) is 0 Å². The van der Waals surface area contributed by atoms with Gasteiger partial charge in [-0.25, -0.2) is 4.79 Å². The molecule has 0 saturated carbocycles. The number of hydrogen-bond donors (Lipinski definition) is 1. The van der Waals surface area contributed by atoms with Gasteiger partial charge in [-0.15, -0.1) is 0 Å². The van der Waals surface area contributed by atoms with Gasteiger partial charge < -0.3 is 10.2 Å². The minimum atomic E-state index is -4.43. The van der Waals surface area contributed by atoms with Gasteiger partial charge >= 0.3 is 12.2 Å². The highest BCUT2D eigenvalue weighted by Gasteiger charge is 2.30. The summed E-state index contributed by atoms with van der Waals surface area (Å²) in [5.74, 6) is 0. The van der Waals surface area contributed by atoms with E-state index in [4.69, 9.17) is 11.6 Å². The first-order valence-corrected chi connectivity index (χ1v) is 9.66. The molecule has 0 radical (unpaired) electrons. The van der Waals surface area contributed by atoms with Gasteiger partial charge in [-0.2, -0.15) is 13.2 Å². The van der Waals surface area contributed by atoms with Crippen LogP contribution in [-0.2, 0) is 12.7 Å². The van der Waals surface area contributed by atoms with Crippen molar-refractivity contribution in [2.24, 2.45) is 0 Å². The van der Waals surface area contributed by atoms with Crippen molar-refractivity contribution in [1.29, 1.82) is 0 Å². The van der Waals surface area contributed by atoms with Gasteiger partial charge in [0.1, 0.15) is 0 Å². The molecule has 156 valence electrons. The van der Waals surface area contributed by atoms with Gasteiger partial charge in [-0.3, -0.25) is 0 Å². The Bertz CT molecular complexity index is 974. The number of rotatable bonds is 5. The summed E-state index contributed by atoms with van der Waals surface area (Å²) in [5.41, 5.74) is 1.34. The summed E-state index contributed by atoms with van der Waals surface area (Å²) in [7, 11) is 0. The summed E-state index contributed by atoms with van der Waals surface area (Å²) < 4.78 is 38.3. The molecule has 0 aromatic heterocycles. The van der Waals surface area contributed by atoms with E-state index >= 15 is 0 Å². The highest BCUT2D eigenvalue weighted by molar-refractivity contribution is 6.30. The first-order chi connectivity index (χ1) is 14.2. The zero-order valence-corrected chi connectivity index (χ0v) is 16.9. The molecule has 0 heterocycles. The Morgan fingerprint density at radius 1 is 0.967 bits per heavy atom. The third-order valence-electron chi connectivity index (χ3n) is 4.74. The van der Waals surface area contributed by atoms with Crippen LogP contribution >= 0.6 is 11.6 Å². The summed E-state index contributed by atoms with van der Waals surface area (Å²) in [6, 6.07) is 20.4. The number of anilines is 1. The van der Waals surface area contributed by atoms with Crippen molar-refractivity contribution in [3.63, 3.8) is 0 Å². The van der Waals surface area contributed by atoms with Crippen LogP contribution in [0.5, 0.6) is 0 Å². The van der Waals surface area contributed by atoms with Crippen molar-refractivity contribution in [1.82, 2.24) is 4.90 Å². The number of carbonyl (C=O) groups is 1. The molecule has 1 N–H and O–H groups in total. The zero-order chi connectivity index (χ0) is 21.7. The number of alkyl halides is 3. The molecule has 0 spiro atoms. The normalized spacial score (nSPS) is 12.3. The number of benzene rings is 3. The standard InChI is InChI=1S/C23H20ClF3N2O/c1-16(18-5-3-2-4-6-18)29(15-17-7-11-20(24)12-8-17)22(30)28-21-13-9-19(10-14-21)23(25,26)27/h2-14,16H,15H2,1H3,(H,28,30). The lowest BCUT2D eigenvalue weighted by Crippen LogP contribution is -2.36. The van der Waals surface area contributed by atoms with Crippen LogP contribution in [0.15, 0.2) is 78.9 Å². The number of carbonyl (C=O) groups excluding carboxylic acids is 1. The molecule has 3 aromatic rings. The van der Waals surface area contributed by atoms with Crippen molar-refractivity contribution in [2.75, 3.05) is 5.32 Å². The summed E-state index contributed by atoms with van der Waals surface area (Å²) >= 11 is 5.95. The Labute approximate surface area is 178 Å². The van der Waals surface area contributed by atoms with Crippen molar-refractivity contribution in [2.45, 2.75) is 25.7 Å². The van der Waals surface area contributed by atoms with E-state index in [1.807, 2.05) is 49.4 Å². The second-order valence-electron chi connectivity index (χ2n) is 6.85. The lowest BCUT2D eigenvalue weighted by Gasteiger charge is -2.30. The number of halogens is 4. The highest BCUT2D eigenvalue weighted by Crippen LogP contribution is 2.30. The average Bonchev–Trinajstić information content (AvgIpc) is 2.73. The Morgan fingerprint density at radius 3 is 2.13 bits per heavy atom. The van der Waals surface area contributed by atoms with Crippen LogP contribution in [-0.4, -0.2) is 10.9 Å². The molecule has 3 nitrogen and oxygen atoms in total. The van der Waals surface area contributed by atoms with E-state index < -0.39 is 17.8 Å². The smallest absolute Gasteiger partial charge is 0.313 e. The maximum Gasteiger partial charge on any atom is 0.416 e. The van der Waals surface area contributed by atoms with Gasteiger partial charge in [-0.05, 0) is 54.4 Å². The molecule has 30 heavy (non-hydrogen) atoms. The highest BCUT2D eigenvalue weighted by atomic mass is 35.5. The fraction of sp³-hybridized carbons (Fsp3) is 0.174. The molecule has 0 fully saturated rings. The Hall–Kier alpha value is -2.99. The largest absolute Gasteiger partial charge is 0.416 e. The number of amides is 2. The van der Waals surface area contributed by atoms with Crippen LogP contribution in [0.4, 0.5) is 23.7 Å². The van der Waals surface area contributed by atoms with Crippen molar-refractivity contribution >= 4 is 23.3 Å².